The lowest BCUT2D eigenvalue weighted by Gasteiger charge is -2.51. The lowest BCUT2D eigenvalue weighted by molar-refractivity contribution is -0.0289. The van der Waals surface area contributed by atoms with Crippen LogP contribution in [0.2, 0.25) is 0 Å². The minimum Gasteiger partial charge on any atom is -0.379 e. The maximum absolute atomic E-state index is 12.0. The summed E-state index contributed by atoms with van der Waals surface area (Å²) in [5.41, 5.74) is 0.874. The van der Waals surface area contributed by atoms with E-state index >= 15 is 0 Å². The molecular formula is C18H28N4O2S. The molecule has 2 bridgehead atoms. The van der Waals surface area contributed by atoms with E-state index in [4.69, 9.17) is 4.74 Å². The highest BCUT2D eigenvalue weighted by atomic mass is 32.1. The molecule has 2 amide bonds. The predicted molar refractivity (Wildman–Crippen MR) is 100 cm³/mol. The Morgan fingerprint density at radius 2 is 2.20 bits per heavy atom. The number of rotatable bonds is 5. The van der Waals surface area contributed by atoms with E-state index in [2.05, 4.69) is 20.4 Å². The summed E-state index contributed by atoms with van der Waals surface area (Å²) in [6.45, 7) is 8.25. The molecule has 4 aliphatic heterocycles. The third-order valence-corrected chi connectivity index (χ3v) is 6.57. The number of morpholine rings is 1. The highest BCUT2D eigenvalue weighted by Gasteiger charge is 2.40. The van der Waals surface area contributed by atoms with Gasteiger partial charge in [0, 0.05) is 44.1 Å². The molecule has 2 N–H and O–H groups in total. The average molecular weight is 365 g/mol. The van der Waals surface area contributed by atoms with E-state index < -0.39 is 0 Å². The van der Waals surface area contributed by atoms with Gasteiger partial charge < -0.3 is 15.4 Å². The minimum absolute atomic E-state index is 0.0917. The fourth-order valence-corrected chi connectivity index (χ4v) is 5.09. The molecule has 0 radical (unpaired) electrons. The number of piperidine rings is 3. The van der Waals surface area contributed by atoms with Crippen LogP contribution in [0, 0.1) is 11.8 Å². The number of carbonyl (C=O) groups is 1. The van der Waals surface area contributed by atoms with Crippen molar-refractivity contribution in [2.75, 3.05) is 57.8 Å². The Hall–Kier alpha value is -1.15. The highest BCUT2D eigenvalue weighted by molar-refractivity contribution is 7.08. The fraction of sp³-hybridized carbons (Fsp3) is 0.722. The molecule has 0 spiro atoms. The van der Waals surface area contributed by atoms with Gasteiger partial charge in [0.25, 0.3) is 0 Å². The number of urea groups is 1. The van der Waals surface area contributed by atoms with Crippen molar-refractivity contribution >= 4 is 23.1 Å². The van der Waals surface area contributed by atoms with Gasteiger partial charge in [0.15, 0.2) is 0 Å². The molecule has 0 aliphatic carbocycles. The summed E-state index contributed by atoms with van der Waals surface area (Å²) in [5, 5.41) is 9.86. The van der Waals surface area contributed by atoms with Crippen LogP contribution < -0.4 is 10.6 Å². The Balaban J connectivity index is 1.23. The van der Waals surface area contributed by atoms with Crippen LogP contribution >= 0.6 is 11.3 Å². The second-order valence-electron chi connectivity index (χ2n) is 7.45. The molecule has 138 valence electrons. The van der Waals surface area contributed by atoms with Gasteiger partial charge in [-0.2, -0.15) is 11.3 Å². The number of thiophene rings is 1. The molecular weight excluding hydrogens is 336 g/mol. The van der Waals surface area contributed by atoms with Gasteiger partial charge in [0.2, 0.25) is 0 Å². The minimum atomic E-state index is -0.0917. The van der Waals surface area contributed by atoms with E-state index in [0.717, 1.165) is 50.4 Å². The Kier molecular flexibility index (Phi) is 5.55. The number of anilines is 1. The van der Waals surface area contributed by atoms with E-state index in [1.165, 1.54) is 32.5 Å². The number of hydrogen-bond donors (Lipinski definition) is 2. The van der Waals surface area contributed by atoms with E-state index in [1.807, 2.05) is 16.8 Å². The van der Waals surface area contributed by atoms with Crippen molar-refractivity contribution in [2.24, 2.45) is 11.8 Å². The first-order valence-corrected chi connectivity index (χ1v) is 10.3. The molecule has 4 atom stereocenters. The molecule has 5 heterocycles. The molecule has 1 aromatic rings. The summed E-state index contributed by atoms with van der Waals surface area (Å²) in [6, 6.07) is 2.32. The lowest BCUT2D eigenvalue weighted by Crippen LogP contribution is -2.59. The summed E-state index contributed by atoms with van der Waals surface area (Å²) in [6.07, 6.45) is 2.53. The van der Waals surface area contributed by atoms with Crippen molar-refractivity contribution in [3.05, 3.63) is 16.8 Å². The molecule has 7 heteroatoms. The van der Waals surface area contributed by atoms with Gasteiger partial charge in [-0.25, -0.2) is 4.79 Å². The monoisotopic (exact) mass is 364 g/mol. The van der Waals surface area contributed by atoms with Gasteiger partial charge in [0.1, 0.15) is 0 Å². The topological polar surface area (TPSA) is 56.8 Å². The molecule has 0 saturated carbocycles. The molecule has 4 fully saturated rings. The number of hydrogen-bond acceptors (Lipinski definition) is 5. The van der Waals surface area contributed by atoms with Gasteiger partial charge in [-0.15, -0.1) is 0 Å². The number of ether oxygens (including phenoxy) is 1. The zero-order valence-corrected chi connectivity index (χ0v) is 15.5. The standard InChI is InChI=1S/C18H28N4O2S/c23-18(20-16-2-8-25-13-16)19-10-17-9-14-1-3-22(17)12-15(14)11-21-4-6-24-7-5-21/h2,8,13-15,17H,1,3-7,9-12H2,(H2,19,20,23)/t14-,15-,17+/m0/s1. The highest BCUT2D eigenvalue weighted by Crippen LogP contribution is 2.36. The van der Waals surface area contributed by atoms with E-state index in [9.17, 15) is 4.79 Å². The van der Waals surface area contributed by atoms with E-state index in [0.29, 0.717) is 6.04 Å². The second kappa shape index (κ2) is 8.03. The van der Waals surface area contributed by atoms with E-state index in [1.54, 1.807) is 11.3 Å². The van der Waals surface area contributed by atoms with Crippen LogP contribution in [0.25, 0.3) is 0 Å². The Bertz CT molecular complexity index is 561. The number of nitrogens with zero attached hydrogens (tertiary/aromatic N) is 2. The van der Waals surface area contributed by atoms with Crippen molar-refractivity contribution < 1.29 is 9.53 Å². The Morgan fingerprint density at radius 3 is 2.92 bits per heavy atom. The van der Waals surface area contributed by atoms with Crippen molar-refractivity contribution in [1.29, 1.82) is 0 Å². The zero-order valence-electron chi connectivity index (χ0n) is 14.7. The summed E-state index contributed by atoms with van der Waals surface area (Å²) >= 11 is 1.59. The van der Waals surface area contributed by atoms with Crippen LogP contribution in [-0.2, 0) is 4.74 Å². The van der Waals surface area contributed by atoms with Crippen LogP contribution in [-0.4, -0.2) is 74.4 Å². The van der Waals surface area contributed by atoms with Crippen LogP contribution in [0.4, 0.5) is 10.5 Å². The van der Waals surface area contributed by atoms with Crippen molar-refractivity contribution in [3.8, 4) is 0 Å². The quantitative estimate of drug-likeness (QED) is 0.838. The summed E-state index contributed by atoms with van der Waals surface area (Å²) in [5.74, 6) is 1.59. The molecule has 4 aliphatic rings. The van der Waals surface area contributed by atoms with Crippen LogP contribution in [0.5, 0.6) is 0 Å². The van der Waals surface area contributed by atoms with Crippen LogP contribution in [0.15, 0.2) is 16.8 Å². The first kappa shape index (κ1) is 17.3. The summed E-state index contributed by atoms with van der Waals surface area (Å²) in [4.78, 5) is 17.2. The number of amides is 2. The first-order chi connectivity index (χ1) is 12.3. The molecule has 0 aromatic carbocycles. The van der Waals surface area contributed by atoms with Crippen LogP contribution in [0.1, 0.15) is 12.8 Å². The van der Waals surface area contributed by atoms with Crippen molar-refractivity contribution in [2.45, 2.75) is 18.9 Å². The largest absolute Gasteiger partial charge is 0.379 e. The summed E-state index contributed by atoms with van der Waals surface area (Å²) in [7, 11) is 0. The first-order valence-electron chi connectivity index (χ1n) is 9.39. The SMILES string of the molecule is O=C(NC[C@H]1C[C@@H]2CCN1C[C@@H]2CN1CCOCC1)Nc1ccsc1. The maximum atomic E-state index is 12.0. The third-order valence-electron chi connectivity index (χ3n) is 5.89. The third kappa shape index (κ3) is 4.34. The Labute approximate surface area is 153 Å². The van der Waals surface area contributed by atoms with Crippen molar-refractivity contribution in [1.82, 2.24) is 15.1 Å². The molecule has 1 unspecified atom stereocenters. The number of nitrogens with one attached hydrogen (secondary N) is 2. The second-order valence-corrected chi connectivity index (χ2v) is 8.23. The van der Waals surface area contributed by atoms with Gasteiger partial charge in [0.05, 0.1) is 18.9 Å². The average Bonchev–Trinajstić information content (AvgIpc) is 3.15. The normalized spacial score (nSPS) is 32.5. The lowest BCUT2D eigenvalue weighted by atomic mass is 9.75. The maximum Gasteiger partial charge on any atom is 0.319 e. The van der Waals surface area contributed by atoms with Crippen LogP contribution in [0.3, 0.4) is 0 Å². The summed E-state index contributed by atoms with van der Waals surface area (Å²) < 4.78 is 5.46. The molecule has 25 heavy (non-hydrogen) atoms. The zero-order chi connectivity index (χ0) is 17.1. The van der Waals surface area contributed by atoms with Gasteiger partial charge in [-0.1, -0.05) is 0 Å². The molecule has 6 nitrogen and oxygen atoms in total. The van der Waals surface area contributed by atoms with Crippen molar-refractivity contribution in [3.63, 3.8) is 0 Å². The van der Waals surface area contributed by atoms with Gasteiger partial charge in [-0.3, -0.25) is 9.80 Å². The molecule has 1 aromatic heterocycles. The molecule has 4 saturated heterocycles. The fourth-order valence-electron chi connectivity index (χ4n) is 4.51. The Morgan fingerprint density at radius 1 is 1.32 bits per heavy atom. The van der Waals surface area contributed by atoms with Gasteiger partial charge >= 0.3 is 6.03 Å². The predicted octanol–water partition coefficient (Wildman–Crippen LogP) is 1.91. The number of fused-ring (bicyclic) bond motifs is 3. The van der Waals surface area contributed by atoms with Gasteiger partial charge in [-0.05, 0) is 42.7 Å². The number of carbonyl (C=O) groups excluding carboxylic acids is 1. The van der Waals surface area contributed by atoms with E-state index in [-0.39, 0.29) is 6.03 Å². The smallest absolute Gasteiger partial charge is 0.319 e. The molecule has 5 rings (SSSR count).